The predicted octanol–water partition coefficient (Wildman–Crippen LogP) is 1.33. The standard InChI is InChI=1S/C9H19FN2/c1-9(2,3)12-6-5-11(4)8(10)7-12/h8H,5-7H2,1-4H3. The van der Waals surface area contributed by atoms with Crippen molar-refractivity contribution in [1.29, 1.82) is 0 Å². The summed E-state index contributed by atoms with van der Waals surface area (Å²) in [5.41, 5.74) is 0.103. The van der Waals surface area contributed by atoms with E-state index in [0.717, 1.165) is 13.1 Å². The van der Waals surface area contributed by atoms with Crippen LogP contribution in [-0.4, -0.2) is 48.3 Å². The van der Waals surface area contributed by atoms with E-state index in [0.29, 0.717) is 6.54 Å². The van der Waals surface area contributed by atoms with E-state index < -0.39 is 6.30 Å². The molecule has 12 heavy (non-hydrogen) atoms. The smallest absolute Gasteiger partial charge is 0.166 e. The van der Waals surface area contributed by atoms with E-state index in [9.17, 15) is 4.39 Å². The van der Waals surface area contributed by atoms with Crippen LogP contribution in [0.15, 0.2) is 0 Å². The Hall–Kier alpha value is -0.150. The molecule has 0 aromatic rings. The highest BCUT2D eigenvalue weighted by Crippen LogP contribution is 2.18. The lowest BCUT2D eigenvalue weighted by Crippen LogP contribution is -2.55. The maximum absolute atomic E-state index is 13.2. The van der Waals surface area contributed by atoms with Crippen molar-refractivity contribution < 1.29 is 4.39 Å². The number of hydrogen-bond donors (Lipinski definition) is 0. The molecule has 0 N–H and O–H groups in total. The fraction of sp³-hybridized carbons (Fsp3) is 1.00. The molecule has 3 heteroatoms. The Bertz CT molecular complexity index is 153. The first-order valence-corrected chi connectivity index (χ1v) is 4.50. The molecule has 1 saturated heterocycles. The van der Waals surface area contributed by atoms with E-state index in [1.165, 1.54) is 0 Å². The zero-order valence-electron chi connectivity index (χ0n) is 8.47. The highest BCUT2D eigenvalue weighted by atomic mass is 19.1. The van der Waals surface area contributed by atoms with Crippen molar-refractivity contribution in [3.63, 3.8) is 0 Å². The van der Waals surface area contributed by atoms with Crippen molar-refractivity contribution in [3.8, 4) is 0 Å². The first kappa shape index (κ1) is 9.93. The van der Waals surface area contributed by atoms with Gasteiger partial charge in [-0.15, -0.1) is 0 Å². The second-order valence-corrected chi connectivity index (χ2v) is 4.53. The van der Waals surface area contributed by atoms with Crippen molar-refractivity contribution in [3.05, 3.63) is 0 Å². The molecule has 0 saturated carbocycles. The van der Waals surface area contributed by atoms with Gasteiger partial charge in [0.1, 0.15) is 0 Å². The minimum Gasteiger partial charge on any atom is -0.293 e. The summed E-state index contributed by atoms with van der Waals surface area (Å²) in [4.78, 5) is 3.96. The van der Waals surface area contributed by atoms with E-state index in [-0.39, 0.29) is 5.54 Å². The quantitative estimate of drug-likeness (QED) is 0.511. The van der Waals surface area contributed by atoms with Crippen LogP contribution in [0.4, 0.5) is 4.39 Å². The molecule has 2 nitrogen and oxygen atoms in total. The summed E-state index contributed by atoms with van der Waals surface area (Å²) < 4.78 is 13.2. The van der Waals surface area contributed by atoms with Crippen molar-refractivity contribution in [2.75, 3.05) is 26.7 Å². The van der Waals surface area contributed by atoms with Crippen LogP contribution in [0.3, 0.4) is 0 Å². The van der Waals surface area contributed by atoms with Gasteiger partial charge in [0.05, 0.1) is 0 Å². The van der Waals surface area contributed by atoms with Gasteiger partial charge in [-0.3, -0.25) is 9.80 Å². The second-order valence-electron chi connectivity index (χ2n) is 4.53. The van der Waals surface area contributed by atoms with Gasteiger partial charge in [0.2, 0.25) is 0 Å². The lowest BCUT2D eigenvalue weighted by Gasteiger charge is -2.42. The Morgan fingerprint density at radius 1 is 1.25 bits per heavy atom. The molecule has 1 heterocycles. The summed E-state index contributed by atoms with van der Waals surface area (Å²) in [7, 11) is 1.84. The van der Waals surface area contributed by atoms with Crippen LogP contribution < -0.4 is 0 Å². The van der Waals surface area contributed by atoms with Crippen LogP contribution in [0, 0.1) is 0 Å². The van der Waals surface area contributed by atoms with Crippen molar-refractivity contribution >= 4 is 0 Å². The molecule has 0 aromatic heterocycles. The van der Waals surface area contributed by atoms with Gasteiger partial charge in [-0.1, -0.05) is 0 Å². The molecule has 1 aliphatic heterocycles. The topological polar surface area (TPSA) is 6.48 Å². The first-order valence-electron chi connectivity index (χ1n) is 4.50. The zero-order chi connectivity index (χ0) is 9.35. The molecular weight excluding hydrogens is 155 g/mol. The number of alkyl halides is 1. The van der Waals surface area contributed by atoms with E-state index in [1.807, 2.05) is 7.05 Å². The van der Waals surface area contributed by atoms with Gasteiger partial charge < -0.3 is 0 Å². The third-order valence-corrected chi connectivity index (χ3v) is 2.52. The van der Waals surface area contributed by atoms with Crippen molar-refractivity contribution in [2.24, 2.45) is 0 Å². The minimum atomic E-state index is -0.794. The van der Waals surface area contributed by atoms with Crippen LogP contribution >= 0.6 is 0 Å². The first-order chi connectivity index (χ1) is 5.41. The average molecular weight is 174 g/mol. The Balaban J connectivity index is 2.51. The molecule has 0 radical (unpaired) electrons. The number of likely N-dealkylation sites (N-methyl/N-ethyl adjacent to an activating group) is 1. The zero-order valence-corrected chi connectivity index (χ0v) is 8.47. The van der Waals surface area contributed by atoms with E-state index >= 15 is 0 Å². The number of halogens is 1. The minimum absolute atomic E-state index is 0.103. The third-order valence-electron chi connectivity index (χ3n) is 2.52. The normalized spacial score (nSPS) is 29.2. The summed E-state index contributed by atoms with van der Waals surface area (Å²) >= 11 is 0. The summed E-state index contributed by atoms with van der Waals surface area (Å²) in [6.45, 7) is 8.74. The third kappa shape index (κ3) is 2.17. The fourth-order valence-electron chi connectivity index (χ4n) is 1.44. The largest absolute Gasteiger partial charge is 0.293 e. The van der Waals surface area contributed by atoms with E-state index in [4.69, 9.17) is 0 Å². The molecule has 0 aromatic carbocycles. The van der Waals surface area contributed by atoms with Gasteiger partial charge in [0.15, 0.2) is 6.30 Å². The highest BCUT2D eigenvalue weighted by molar-refractivity contribution is 4.82. The molecule has 0 spiro atoms. The second kappa shape index (κ2) is 3.30. The molecule has 72 valence electrons. The Kier molecular flexibility index (Phi) is 2.74. The molecule has 0 amide bonds. The lowest BCUT2D eigenvalue weighted by molar-refractivity contribution is -0.0197. The van der Waals surface area contributed by atoms with Crippen LogP contribution in [0.5, 0.6) is 0 Å². The van der Waals surface area contributed by atoms with E-state index in [1.54, 1.807) is 4.90 Å². The van der Waals surface area contributed by atoms with Gasteiger partial charge in [-0.25, -0.2) is 4.39 Å². The van der Waals surface area contributed by atoms with Gasteiger partial charge in [0.25, 0.3) is 0 Å². The SMILES string of the molecule is CN1CCN(C(C)(C)C)CC1F. The van der Waals surface area contributed by atoms with Gasteiger partial charge in [-0.05, 0) is 27.8 Å². The maximum atomic E-state index is 13.2. The molecule has 1 unspecified atom stereocenters. The summed E-state index contributed by atoms with van der Waals surface area (Å²) in [6.07, 6.45) is -0.794. The predicted molar refractivity (Wildman–Crippen MR) is 48.9 cm³/mol. The maximum Gasteiger partial charge on any atom is 0.166 e. The number of hydrogen-bond acceptors (Lipinski definition) is 2. The average Bonchev–Trinajstić information content (AvgIpc) is 1.92. The van der Waals surface area contributed by atoms with Crippen molar-refractivity contribution in [2.45, 2.75) is 32.6 Å². The Labute approximate surface area is 74.3 Å². The van der Waals surface area contributed by atoms with Crippen LogP contribution in [0.1, 0.15) is 20.8 Å². The van der Waals surface area contributed by atoms with Crippen LogP contribution in [0.2, 0.25) is 0 Å². The summed E-state index contributed by atoms with van der Waals surface area (Å²) in [5.74, 6) is 0. The fourth-order valence-corrected chi connectivity index (χ4v) is 1.44. The van der Waals surface area contributed by atoms with Crippen LogP contribution in [0.25, 0.3) is 0 Å². The summed E-state index contributed by atoms with van der Waals surface area (Å²) in [6, 6.07) is 0. The Morgan fingerprint density at radius 3 is 2.25 bits per heavy atom. The van der Waals surface area contributed by atoms with Crippen molar-refractivity contribution in [1.82, 2.24) is 9.80 Å². The number of rotatable bonds is 0. The van der Waals surface area contributed by atoms with Gasteiger partial charge in [-0.2, -0.15) is 0 Å². The molecule has 0 aliphatic carbocycles. The molecule has 1 atom stereocenters. The van der Waals surface area contributed by atoms with E-state index in [2.05, 4.69) is 25.7 Å². The number of piperazine rings is 1. The lowest BCUT2D eigenvalue weighted by atomic mass is 10.0. The highest BCUT2D eigenvalue weighted by Gasteiger charge is 2.30. The Morgan fingerprint density at radius 2 is 1.83 bits per heavy atom. The molecule has 0 bridgehead atoms. The summed E-state index contributed by atoms with van der Waals surface area (Å²) in [5, 5.41) is 0. The van der Waals surface area contributed by atoms with Gasteiger partial charge >= 0.3 is 0 Å². The monoisotopic (exact) mass is 174 g/mol. The molecule has 1 aliphatic rings. The molecule has 1 fully saturated rings. The number of nitrogens with zero attached hydrogens (tertiary/aromatic N) is 2. The molecular formula is C9H19FN2. The van der Waals surface area contributed by atoms with Crippen LogP contribution in [-0.2, 0) is 0 Å². The molecule has 1 rings (SSSR count). The van der Waals surface area contributed by atoms with Gasteiger partial charge in [0, 0.05) is 25.2 Å².